The number of carbonyl (C=O) groups excluding carboxylic acids is 2. The summed E-state index contributed by atoms with van der Waals surface area (Å²) in [5, 5.41) is 10.7. The summed E-state index contributed by atoms with van der Waals surface area (Å²) in [7, 11) is 1.58. The van der Waals surface area contributed by atoms with Gasteiger partial charge < -0.3 is 14.7 Å². The smallest absolute Gasteiger partial charge is 0.290 e. The molecule has 0 radical (unpaired) electrons. The molecule has 1 aliphatic rings. The van der Waals surface area contributed by atoms with Crippen LogP contribution in [0.4, 0.5) is 0 Å². The average molecular weight is 428 g/mol. The molecule has 0 bridgehead atoms. The lowest BCUT2D eigenvalue weighted by molar-refractivity contribution is -0.130. The van der Waals surface area contributed by atoms with Crippen LogP contribution in [0.25, 0.3) is 0 Å². The molecule has 1 amide bonds. The van der Waals surface area contributed by atoms with Crippen molar-refractivity contribution in [3.05, 3.63) is 107 Å². The lowest BCUT2D eigenvalue weighted by atomic mass is 9.93. The molecule has 32 heavy (non-hydrogen) atoms. The molecular formula is C26H24N2O4. The molecule has 1 aliphatic heterocycles. The Labute approximate surface area is 186 Å². The Hall–Kier alpha value is -3.93. The molecule has 1 aromatic heterocycles. The summed E-state index contributed by atoms with van der Waals surface area (Å²) in [6.07, 6.45) is 2.37. The summed E-state index contributed by atoms with van der Waals surface area (Å²) in [6.45, 7) is 0.176. The summed E-state index contributed by atoms with van der Waals surface area (Å²) in [5.74, 6) is -0.636. The van der Waals surface area contributed by atoms with Crippen LogP contribution in [-0.2, 0) is 22.6 Å². The summed E-state index contributed by atoms with van der Waals surface area (Å²) in [5.41, 5.74) is 2.55. The van der Waals surface area contributed by atoms with E-state index in [2.05, 4.69) is 4.98 Å². The first-order valence-electron chi connectivity index (χ1n) is 10.4. The van der Waals surface area contributed by atoms with E-state index in [-0.39, 0.29) is 24.3 Å². The monoisotopic (exact) mass is 428 g/mol. The van der Waals surface area contributed by atoms with Gasteiger partial charge in [-0.25, -0.2) is 0 Å². The van der Waals surface area contributed by atoms with Gasteiger partial charge in [-0.05, 0) is 41.8 Å². The van der Waals surface area contributed by atoms with Gasteiger partial charge >= 0.3 is 0 Å². The third kappa shape index (κ3) is 4.39. The number of pyridine rings is 1. The van der Waals surface area contributed by atoms with Crippen LogP contribution < -0.4 is 4.74 Å². The van der Waals surface area contributed by atoms with Gasteiger partial charge in [0.1, 0.15) is 5.75 Å². The van der Waals surface area contributed by atoms with E-state index < -0.39 is 17.7 Å². The first-order chi connectivity index (χ1) is 15.6. The zero-order chi connectivity index (χ0) is 22.5. The Morgan fingerprint density at radius 2 is 1.75 bits per heavy atom. The molecule has 2 heterocycles. The van der Waals surface area contributed by atoms with Crippen LogP contribution in [0.3, 0.4) is 0 Å². The third-order valence-electron chi connectivity index (χ3n) is 5.58. The van der Waals surface area contributed by atoms with Gasteiger partial charge in [0, 0.05) is 12.6 Å². The molecule has 0 saturated carbocycles. The maximum absolute atomic E-state index is 13.2. The number of aryl methyl sites for hydroxylation is 1. The van der Waals surface area contributed by atoms with Gasteiger partial charge in [-0.15, -0.1) is 0 Å². The van der Waals surface area contributed by atoms with Crippen molar-refractivity contribution in [1.29, 1.82) is 0 Å². The fourth-order valence-electron chi connectivity index (χ4n) is 3.94. The number of benzene rings is 2. The van der Waals surface area contributed by atoms with Crippen molar-refractivity contribution in [3.63, 3.8) is 0 Å². The Balaban J connectivity index is 1.66. The second kappa shape index (κ2) is 9.47. The number of ketones is 1. The van der Waals surface area contributed by atoms with Crippen molar-refractivity contribution < 1.29 is 19.4 Å². The largest absolute Gasteiger partial charge is 0.503 e. The Morgan fingerprint density at radius 3 is 2.41 bits per heavy atom. The zero-order valence-corrected chi connectivity index (χ0v) is 17.8. The van der Waals surface area contributed by atoms with Crippen LogP contribution in [0.5, 0.6) is 5.75 Å². The van der Waals surface area contributed by atoms with Crippen molar-refractivity contribution in [3.8, 4) is 5.75 Å². The Morgan fingerprint density at radius 1 is 1.03 bits per heavy atom. The predicted molar refractivity (Wildman–Crippen MR) is 120 cm³/mol. The van der Waals surface area contributed by atoms with Crippen molar-refractivity contribution in [1.82, 2.24) is 9.88 Å². The van der Waals surface area contributed by atoms with Crippen molar-refractivity contribution in [2.75, 3.05) is 7.11 Å². The molecule has 1 atom stereocenters. The molecule has 3 aromatic rings. The standard InChI is InChI=1S/C26H24N2O4/c1-32-21-13-11-19(12-14-21)24-23(22(29)15-10-18-7-3-2-4-8-18)25(30)26(31)28(24)17-20-9-5-6-16-27-20/h2-9,11-14,16,24,30H,10,15,17H2,1H3. The molecule has 0 saturated heterocycles. The Kier molecular flexibility index (Phi) is 6.31. The van der Waals surface area contributed by atoms with E-state index in [1.807, 2.05) is 54.6 Å². The van der Waals surface area contributed by atoms with Crippen LogP contribution in [0, 0.1) is 0 Å². The fraction of sp³-hybridized carbons (Fsp3) is 0.192. The lowest BCUT2D eigenvalue weighted by Gasteiger charge is -2.26. The number of aromatic nitrogens is 1. The number of Topliss-reactive ketones (excluding diaryl/α,β-unsaturated/α-hetero) is 1. The first kappa shape index (κ1) is 21.3. The average Bonchev–Trinajstić information content (AvgIpc) is 3.09. The number of hydrogen-bond donors (Lipinski definition) is 1. The molecule has 6 heteroatoms. The molecule has 1 unspecified atom stereocenters. The van der Waals surface area contributed by atoms with E-state index in [4.69, 9.17) is 4.74 Å². The predicted octanol–water partition coefficient (Wildman–Crippen LogP) is 4.19. The number of aliphatic hydroxyl groups excluding tert-OH is 1. The summed E-state index contributed by atoms with van der Waals surface area (Å²) in [6, 6.07) is 21.6. The van der Waals surface area contributed by atoms with Crippen LogP contribution in [0.2, 0.25) is 0 Å². The minimum atomic E-state index is -0.696. The van der Waals surface area contributed by atoms with Gasteiger partial charge in [0.05, 0.1) is 31.0 Å². The second-order valence-electron chi connectivity index (χ2n) is 7.60. The van der Waals surface area contributed by atoms with Gasteiger partial charge in [0.25, 0.3) is 5.91 Å². The van der Waals surface area contributed by atoms with Gasteiger partial charge in [-0.3, -0.25) is 14.6 Å². The van der Waals surface area contributed by atoms with E-state index in [0.717, 1.165) is 11.1 Å². The zero-order valence-electron chi connectivity index (χ0n) is 17.8. The van der Waals surface area contributed by atoms with Crippen molar-refractivity contribution in [2.45, 2.75) is 25.4 Å². The number of nitrogens with zero attached hydrogens (tertiary/aromatic N) is 2. The molecular weight excluding hydrogens is 404 g/mol. The fourth-order valence-corrected chi connectivity index (χ4v) is 3.94. The number of hydrogen-bond acceptors (Lipinski definition) is 5. The summed E-state index contributed by atoms with van der Waals surface area (Å²) >= 11 is 0. The number of carbonyl (C=O) groups is 2. The van der Waals surface area contributed by atoms with E-state index in [0.29, 0.717) is 17.9 Å². The van der Waals surface area contributed by atoms with Gasteiger partial charge in [0.2, 0.25) is 0 Å². The minimum Gasteiger partial charge on any atom is -0.503 e. The molecule has 1 N–H and O–H groups in total. The first-order valence-corrected chi connectivity index (χ1v) is 10.4. The van der Waals surface area contributed by atoms with Crippen LogP contribution in [0.1, 0.15) is 29.3 Å². The highest BCUT2D eigenvalue weighted by molar-refractivity contribution is 6.09. The topological polar surface area (TPSA) is 79.7 Å². The van der Waals surface area contributed by atoms with Gasteiger partial charge in [-0.1, -0.05) is 48.5 Å². The molecule has 0 spiro atoms. The third-order valence-corrected chi connectivity index (χ3v) is 5.58. The van der Waals surface area contributed by atoms with E-state index in [9.17, 15) is 14.7 Å². The second-order valence-corrected chi connectivity index (χ2v) is 7.60. The van der Waals surface area contributed by atoms with Crippen molar-refractivity contribution >= 4 is 11.7 Å². The molecule has 4 rings (SSSR count). The number of aliphatic hydroxyl groups is 1. The highest BCUT2D eigenvalue weighted by Crippen LogP contribution is 2.39. The Bertz CT molecular complexity index is 1130. The number of ether oxygens (including phenoxy) is 1. The summed E-state index contributed by atoms with van der Waals surface area (Å²) < 4.78 is 5.24. The SMILES string of the molecule is COc1ccc(C2C(C(=O)CCc3ccccc3)=C(O)C(=O)N2Cc2ccccn2)cc1. The maximum atomic E-state index is 13.2. The van der Waals surface area contributed by atoms with E-state index >= 15 is 0 Å². The van der Waals surface area contributed by atoms with Crippen LogP contribution >= 0.6 is 0 Å². The van der Waals surface area contributed by atoms with Gasteiger partial charge in [0.15, 0.2) is 11.5 Å². The number of amides is 1. The van der Waals surface area contributed by atoms with Crippen LogP contribution in [0.15, 0.2) is 90.3 Å². The highest BCUT2D eigenvalue weighted by Gasteiger charge is 2.43. The molecule has 6 nitrogen and oxygen atoms in total. The summed E-state index contributed by atoms with van der Waals surface area (Å²) in [4.78, 5) is 32.1. The maximum Gasteiger partial charge on any atom is 0.290 e. The highest BCUT2D eigenvalue weighted by atomic mass is 16.5. The quantitative estimate of drug-likeness (QED) is 0.582. The number of rotatable bonds is 8. The number of methoxy groups -OCH3 is 1. The molecule has 0 aliphatic carbocycles. The normalized spacial score (nSPS) is 15.8. The lowest BCUT2D eigenvalue weighted by Crippen LogP contribution is -2.31. The molecule has 0 fully saturated rings. The van der Waals surface area contributed by atoms with Crippen molar-refractivity contribution in [2.24, 2.45) is 0 Å². The van der Waals surface area contributed by atoms with E-state index in [1.54, 1.807) is 31.5 Å². The van der Waals surface area contributed by atoms with E-state index in [1.165, 1.54) is 4.90 Å². The van der Waals surface area contributed by atoms with Gasteiger partial charge in [-0.2, -0.15) is 0 Å². The minimum absolute atomic E-state index is 0.132. The van der Waals surface area contributed by atoms with Crippen LogP contribution in [-0.4, -0.2) is 33.8 Å². The molecule has 162 valence electrons. The molecule has 2 aromatic carbocycles.